The molecule has 0 spiro atoms. The third-order valence-electron chi connectivity index (χ3n) is 4.58. The Morgan fingerprint density at radius 3 is 2.71 bits per heavy atom. The van der Waals surface area contributed by atoms with Gasteiger partial charge < -0.3 is 10.2 Å². The predicted molar refractivity (Wildman–Crippen MR) is 105 cm³/mol. The number of anilines is 2. The number of piperidine rings is 1. The lowest BCUT2D eigenvalue weighted by Crippen LogP contribution is -2.45. The average Bonchev–Trinajstić information content (AvgIpc) is 3.43. The molecular weight excluding hydrogens is 378 g/mol. The van der Waals surface area contributed by atoms with Gasteiger partial charge in [0.05, 0.1) is 16.6 Å². The van der Waals surface area contributed by atoms with Crippen LogP contribution in [0.15, 0.2) is 48.1 Å². The fourth-order valence-electron chi connectivity index (χ4n) is 3.13. The fourth-order valence-corrected chi connectivity index (χ4v) is 3.74. The Morgan fingerprint density at radius 2 is 2.00 bits per heavy atom. The summed E-state index contributed by atoms with van der Waals surface area (Å²) in [6.45, 7) is 1.06. The summed E-state index contributed by atoms with van der Waals surface area (Å²) < 4.78 is 1.54. The number of likely N-dealkylation sites (tertiary alicyclic amines) is 1. The molecule has 0 saturated carbocycles. The normalized spacial score (nSPS) is 16.6. The molecule has 2 aromatic heterocycles. The number of nitrogens with one attached hydrogen (secondary N) is 2. The van der Waals surface area contributed by atoms with E-state index in [1.807, 2.05) is 29.6 Å². The van der Waals surface area contributed by atoms with Crippen molar-refractivity contribution in [1.29, 1.82) is 0 Å². The number of urea groups is 1. The van der Waals surface area contributed by atoms with Gasteiger partial charge in [0.1, 0.15) is 6.33 Å². The highest BCUT2D eigenvalue weighted by Crippen LogP contribution is 2.21. The molecule has 1 aromatic carbocycles. The van der Waals surface area contributed by atoms with E-state index in [4.69, 9.17) is 0 Å². The van der Waals surface area contributed by atoms with Crippen LogP contribution in [0.3, 0.4) is 0 Å². The van der Waals surface area contributed by atoms with Gasteiger partial charge in [0.25, 0.3) is 0 Å². The predicted octanol–water partition coefficient (Wildman–Crippen LogP) is 2.61. The number of benzene rings is 1. The first kappa shape index (κ1) is 18.1. The van der Waals surface area contributed by atoms with Crippen LogP contribution < -0.4 is 10.6 Å². The lowest BCUT2D eigenvalue weighted by Gasteiger charge is -2.31. The topological polar surface area (TPSA) is 105 Å². The minimum absolute atomic E-state index is 0.0798. The number of tetrazole rings is 1. The second-order valence-corrected chi connectivity index (χ2v) is 7.43. The maximum atomic E-state index is 12.7. The van der Waals surface area contributed by atoms with E-state index in [1.165, 1.54) is 22.3 Å². The third kappa shape index (κ3) is 4.17. The molecule has 10 heteroatoms. The van der Waals surface area contributed by atoms with Crippen LogP contribution in [0.2, 0.25) is 0 Å². The SMILES string of the molecule is O=C(Nc1ccc(-n2cnnn2)cc1)C1CCCN(C(=O)Nc2cccs2)C1. The van der Waals surface area contributed by atoms with E-state index in [-0.39, 0.29) is 17.9 Å². The van der Waals surface area contributed by atoms with Gasteiger partial charge in [-0.2, -0.15) is 0 Å². The van der Waals surface area contributed by atoms with Gasteiger partial charge in [-0.3, -0.25) is 10.1 Å². The van der Waals surface area contributed by atoms with Gasteiger partial charge in [0.2, 0.25) is 5.91 Å². The summed E-state index contributed by atoms with van der Waals surface area (Å²) >= 11 is 1.47. The van der Waals surface area contributed by atoms with Gasteiger partial charge in [-0.05, 0) is 65.0 Å². The number of amides is 3. The standard InChI is InChI=1S/C18H19N7O2S/c26-17(20-14-5-7-15(8-6-14)25-12-19-22-23-25)13-3-1-9-24(11-13)18(27)21-16-4-2-10-28-16/h2,4-8,10,12-13H,1,3,9,11H2,(H,20,26)(H,21,27). The number of hydrogen-bond acceptors (Lipinski definition) is 6. The molecule has 1 aliphatic rings. The lowest BCUT2D eigenvalue weighted by molar-refractivity contribution is -0.121. The highest BCUT2D eigenvalue weighted by atomic mass is 32.1. The minimum Gasteiger partial charge on any atom is -0.326 e. The van der Waals surface area contributed by atoms with Crippen molar-refractivity contribution in [2.45, 2.75) is 12.8 Å². The van der Waals surface area contributed by atoms with E-state index in [1.54, 1.807) is 17.0 Å². The van der Waals surface area contributed by atoms with Gasteiger partial charge in [-0.15, -0.1) is 16.4 Å². The van der Waals surface area contributed by atoms with Crippen molar-refractivity contribution in [3.63, 3.8) is 0 Å². The molecule has 1 aliphatic heterocycles. The number of hydrogen-bond donors (Lipinski definition) is 2. The van der Waals surface area contributed by atoms with Crippen molar-refractivity contribution in [2.75, 3.05) is 23.7 Å². The largest absolute Gasteiger partial charge is 0.326 e. The molecule has 3 amide bonds. The van der Waals surface area contributed by atoms with E-state index >= 15 is 0 Å². The van der Waals surface area contributed by atoms with Crippen molar-refractivity contribution in [3.05, 3.63) is 48.1 Å². The molecule has 2 N–H and O–H groups in total. The van der Waals surface area contributed by atoms with Crippen LogP contribution in [0.25, 0.3) is 5.69 Å². The molecule has 1 atom stereocenters. The molecule has 0 bridgehead atoms. The van der Waals surface area contributed by atoms with E-state index in [2.05, 4.69) is 26.2 Å². The summed E-state index contributed by atoms with van der Waals surface area (Å²) in [5.74, 6) is -0.314. The van der Waals surface area contributed by atoms with Gasteiger partial charge in [0, 0.05) is 18.8 Å². The quantitative estimate of drug-likeness (QED) is 0.704. The van der Waals surface area contributed by atoms with Crippen molar-refractivity contribution in [3.8, 4) is 5.69 Å². The van der Waals surface area contributed by atoms with Crippen molar-refractivity contribution in [2.24, 2.45) is 5.92 Å². The van der Waals surface area contributed by atoms with E-state index < -0.39 is 0 Å². The van der Waals surface area contributed by atoms with Gasteiger partial charge in [0.15, 0.2) is 0 Å². The number of carbonyl (C=O) groups is 2. The van der Waals surface area contributed by atoms with Crippen LogP contribution in [0.1, 0.15) is 12.8 Å². The number of rotatable bonds is 4. The Balaban J connectivity index is 1.34. The molecule has 0 aliphatic carbocycles. The molecule has 9 nitrogen and oxygen atoms in total. The molecule has 28 heavy (non-hydrogen) atoms. The van der Waals surface area contributed by atoms with Crippen molar-refractivity contribution >= 4 is 34.0 Å². The zero-order valence-electron chi connectivity index (χ0n) is 15.0. The summed E-state index contributed by atoms with van der Waals surface area (Å²) in [6, 6.07) is 10.8. The van der Waals surface area contributed by atoms with E-state index in [0.717, 1.165) is 23.5 Å². The van der Waals surface area contributed by atoms with Crippen LogP contribution in [0, 0.1) is 5.92 Å². The number of thiophene rings is 1. The first-order chi connectivity index (χ1) is 13.7. The second kappa shape index (κ2) is 8.17. The van der Waals surface area contributed by atoms with E-state index in [9.17, 15) is 9.59 Å². The zero-order chi connectivity index (χ0) is 19.3. The minimum atomic E-state index is -0.234. The average molecular weight is 397 g/mol. The lowest BCUT2D eigenvalue weighted by atomic mass is 9.97. The monoisotopic (exact) mass is 397 g/mol. The zero-order valence-corrected chi connectivity index (χ0v) is 15.8. The molecule has 3 aromatic rings. The van der Waals surface area contributed by atoms with Crippen LogP contribution in [0.4, 0.5) is 15.5 Å². The molecule has 1 unspecified atom stereocenters. The summed E-state index contributed by atoms with van der Waals surface area (Å²) in [6.07, 6.45) is 3.07. The first-order valence-electron chi connectivity index (χ1n) is 8.93. The Hall–Kier alpha value is -3.27. The van der Waals surface area contributed by atoms with Crippen LogP contribution in [-0.2, 0) is 4.79 Å². The van der Waals surface area contributed by atoms with Crippen molar-refractivity contribution < 1.29 is 9.59 Å². The van der Waals surface area contributed by atoms with Crippen LogP contribution >= 0.6 is 11.3 Å². The maximum absolute atomic E-state index is 12.7. The molecule has 144 valence electrons. The van der Waals surface area contributed by atoms with Crippen LogP contribution in [-0.4, -0.2) is 50.1 Å². The number of carbonyl (C=O) groups excluding carboxylic acids is 2. The van der Waals surface area contributed by atoms with Crippen molar-refractivity contribution in [1.82, 2.24) is 25.1 Å². The Labute approximate surface area is 165 Å². The second-order valence-electron chi connectivity index (χ2n) is 6.48. The Bertz CT molecular complexity index is 926. The smallest absolute Gasteiger partial charge is 0.322 e. The Kier molecular flexibility index (Phi) is 5.29. The van der Waals surface area contributed by atoms with Gasteiger partial charge >= 0.3 is 6.03 Å². The molecule has 3 heterocycles. The van der Waals surface area contributed by atoms with E-state index in [0.29, 0.717) is 18.8 Å². The number of nitrogens with zero attached hydrogens (tertiary/aromatic N) is 5. The Morgan fingerprint density at radius 1 is 1.14 bits per heavy atom. The van der Waals surface area contributed by atoms with Gasteiger partial charge in [-0.25, -0.2) is 9.48 Å². The fraction of sp³-hybridized carbons (Fsp3) is 0.278. The molecule has 1 saturated heterocycles. The van der Waals surface area contributed by atoms with Gasteiger partial charge in [-0.1, -0.05) is 0 Å². The maximum Gasteiger partial charge on any atom is 0.322 e. The van der Waals surface area contributed by atoms with Crippen LogP contribution in [0.5, 0.6) is 0 Å². The first-order valence-corrected chi connectivity index (χ1v) is 9.81. The molecule has 4 rings (SSSR count). The summed E-state index contributed by atoms with van der Waals surface area (Å²) in [4.78, 5) is 26.8. The third-order valence-corrected chi connectivity index (χ3v) is 5.36. The summed E-state index contributed by atoms with van der Waals surface area (Å²) in [5, 5.41) is 19.6. The highest BCUT2D eigenvalue weighted by molar-refractivity contribution is 7.14. The summed E-state index contributed by atoms with van der Waals surface area (Å²) in [7, 11) is 0. The number of aromatic nitrogens is 4. The molecular formula is C18H19N7O2S. The highest BCUT2D eigenvalue weighted by Gasteiger charge is 2.28. The summed E-state index contributed by atoms with van der Waals surface area (Å²) in [5.41, 5.74) is 1.50. The molecule has 1 fully saturated rings. The molecule has 0 radical (unpaired) electrons.